The van der Waals surface area contributed by atoms with Gasteiger partial charge in [-0.2, -0.15) is 11.8 Å². The van der Waals surface area contributed by atoms with Crippen LogP contribution in [-0.2, 0) is 9.59 Å². The average molecular weight is 241 g/mol. The van der Waals surface area contributed by atoms with Gasteiger partial charge in [-0.1, -0.05) is 6.42 Å². The van der Waals surface area contributed by atoms with E-state index in [4.69, 9.17) is 0 Å². The Morgan fingerprint density at radius 3 is 2.56 bits per heavy atom. The zero-order valence-corrected chi connectivity index (χ0v) is 9.97. The highest BCUT2D eigenvalue weighted by Crippen LogP contribution is 2.28. The topological polar surface area (TPSA) is 70.6 Å². The normalized spacial score (nSPS) is 29.9. The molecular weight excluding hydrogens is 226 g/mol. The summed E-state index contributed by atoms with van der Waals surface area (Å²) in [5.74, 6) is -0.909. The molecule has 2 fully saturated rings. The summed E-state index contributed by atoms with van der Waals surface area (Å²) in [6.07, 6.45) is 6.57. The second-order valence-electron chi connectivity index (χ2n) is 4.06. The maximum atomic E-state index is 10.9. The van der Waals surface area contributed by atoms with Crippen LogP contribution in [0, 0.1) is 0 Å². The van der Waals surface area contributed by atoms with E-state index in [1.54, 1.807) is 0 Å². The number of hydrogen-bond donors (Lipinski definition) is 2. The predicted molar refractivity (Wildman–Crippen MR) is 63.3 cm³/mol. The van der Waals surface area contributed by atoms with E-state index < -0.39 is 11.8 Å². The van der Waals surface area contributed by atoms with Gasteiger partial charge >= 0.3 is 11.8 Å². The number of nitrogens with zero attached hydrogens (tertiary/aromatic N) is 1. The van der Waals surface area contributed by atoms with Gasteiger partial charge in [-0.15, -0.1) is 0 Å². The minimum atomic E-state index is -0.615. The van der Waals surface area contributed by atoms with Crippen LogP contribution in [0.2, 0.25) is 0 Å². The van der Waals surface area contributed by atoms with E-state index in [0.717, 1.165) is 19.3 Å². The number of carbonyl (C=O) groups excluding carboxylic acids is 2. The number of carbonyl (C=O) groups is 2. The molecule has 0 bridgehead atoms. The molecule has 2 rings (SSSR count). The van der Waals surface area contributed by atoms with E-state index in [2.05, 4.69) is 21.9 Å². The van der Waals surface area contributed by atoms with Gasteiger partial charge in [-0.3, -0.25) is 20.2 Å². The van der Waals surface area contributed by atoms with Crippen molar-refractivity contribution < 1.29 is 9.59 Å². The van der Waals surface area contributed by atoms with Crippen molar-refractivity contribution in [3.63, 3.8) is 0 Å². The van der Waals surface area contributed by atoms with Crippen LogP contribution >= 0.6 is 11.8 Å². The summed E-state index contributed by atoms with van der Waals surface area (Å²) in [6, 6.07) is 0.222. The maximum Gasteiger partial charge on any atom is 0.316 e. The molecule has 1 aliphatic heterocycles. The van der Waals surface area contributed by atoms with Crippen molar-refractivity contribution in [3.05, 3.63) is 0 Å². The van der Waals surface area contributed by atoms with Gasteiger partial charge in [-0.05, 0) is 25.5 Å². The van der Waals surface area contributed by atoms with E-state index in [-0.39, 0.29) is 6.04 Å². The largest absolute Gasteiger partial charge is 0.316 e. The van der Waals surface area contributed by atoms with Crippen LogP contribution in [0.25, 0.3) is 0 Å². The summed E-state index contributed by atoms with van der Waals surface area (Å²) >= 11 is 1.86. The number of amides is 2. The molecule has 1 aliphatic carbocycles. The highest BCUT2D eigenvalue weighted by atomic mass is 32.2. The van der Waals surface area contributed by atoms with Crippen molar-refractivity contribution in [2.45, 2.75) is 37.0 Å². The van der Waals surface area contributed by atoms with E-state index in [0.29, 0.717) is 11.2 Å². The summed E-state index contributed by atoms with van der Waals surface area (Å²) < 4.78 is 0. The number of hydrogen-bond acceptors (Lipinski definition) is 4. The summed E-state index contributed by atoms with van der Waals surface area (Å²) in [7, 11) is 0. The SMILES string of the molecule is CSC1CCCC(N=C2NC(=O)C(=O)N2)C1. The van der Waals surface area contributed by atoms with Gasteiger partial charge in [0.1, 0.15) is 0 Å². The Kier molecular flexibility index (Phi) is 3.48. The molecule has 1 saturated heterocycles. The first-order valence-electron chi connectivity index (χ1n) is 5.42. The van der Waals surface area contributed by atoms with Crippen molar-refractivity contribution in [1.29, 1.82) is 0 Å². The van der Waals surface area contributed by atoms with Crippen molar-refractivity contribution in [3.8, 4) is 0 Å². The number of aliphatic imine (C=N–C) groups is 1. The first-order chi connectivity index (χ1) is 7.69. The Morgan fingerprint density at radius 1 is 1.25 bits per heavy atom. The van der Waals surface area contributed by atoms with Crippen LogP contribution in [-0.4, -0.2) is 35.3 Å². The second-order valence-corrected chi connectivity index (χ2v) is 5.20. The lowest BCUT2D eigenvalue weighted by atomic mass is 9.95. The molecule has 1 saturated carbocycles. The van der Waals surface area contributed by atoms with Crippen molar-refractivity contribution >= 4 is 29.5 Å². The van der Waals surface area contributed by atoms with Crippen LogP contribution in [0.3, 0.4) is 0 Å². The van der Waals surface area contributed by atoms with Crippen molar-refractivity contribution in [2.24, 2.45) is 4.99 Å². The third-order valence-electron chi connectivity index (χ3n) is 2.91. The fourth-order valence-corrected chi connectivity index (χ4v) is 2.88. The fraction of sp³-hybridized carbons (Fsp3) is 0.700. The van der Waals surface area contributed by atoms with E-state index in [1.807, 2.05) is 11.8 Å². The highest BCUT2D eigenvalue weighted by molar-refractivity contribution is 7.99. The highest BCUT2D eigenvalue weighted by Gasteiger charge is 2.27. The molecule has 5 nitrogen and oxygen atoms in total. The Balaban J connectivity index is 1.96. The summed E-state index contributed by atoms with van der Waals surface area (Å²) in [6.45, 7) is 0. The molecule has 2 amide bonds. The van der Waals surface area contributed by atoms with Gasteiger partial charge in [0.15, 0.2) is 0 Å². The third kappa shape index (κ3) is 2.55. The van der Waals surface area contributed by atoms with Crippen LogP contribution in [0.1, 0.15) is 25.7 Å². The van der Waals surface area contributed by atoms with E-state index in [9.17, 15) is 9.59 Å². The lowest BCUT2D eigenvalue weighted by molar-refractivity contribution is -0.135. The Morgan fingerprint density at radius 2 is 1.94 bits per heavy atom. The quantitative estimate of drug-likeness (QED) is 0.681. The lowest BCUT2D eigenvalue weighted by Gasteiger charge is -2.25. The maximum absolute atomic E-state index is 10.9. The molecule has 0 aromatic rings. The van der Waals surface area contributed by atoms with Gasteiger partial charge in [0.05, 0.1) is 6.04 Å². The van der Waals surface area contributed by atoms with Crippen LogP contribution < -0.4 is 10.6 Å². The summed E-state index contributed by atoms with van der Waals surface area (Å²) in [4.78, 5) is 26.3. The second kappa shape index (κ2) is 4.86. The zero-order valence-electron chi connectivity index (χ0n) is 9.16. The monoisotopic (exact) mass is 241 g/mol. The van der Waals surface area contributed by atoms with Gasteiger partial charge in [0.2, 0.25) is 5.96 Å². The molecule has 2 aliphatic rings. The van der Waals surface area contributed by atoms with Gasteiger partial charge in [0, 0.05) is 5.25 Å². The molecule has 1 heterocycles. The molecule has 0 aromatic carbocycles. The number of nitrogens with one attached hydrogen (secondary N) is 2. The standard InChI is InChI=1S/C10H15N3O2S/c1-16-7-4-2-3-6(5-7)11-10-12-8(14)9(15)13-10/h6-7H,2-5H2,1H3,(H2,11,12,13,14,15). The number of guanidine groups is 1. The third-order valence-corrected chi connectivity index (χ3v) is 4.01. The average Bonchev–Trinajstić information content (AvgIpc) is 2.58. The molecule has 88 valence electrons. The molecule has 6 heteroatoms. The van der Waals surface area contributed by atoms with Crippen LogP contribution in [0.4, 0.5) is 0 Å². The van der Waals surface area contributed by atoms with Gasteiger partial charge < -0.3 is 0 Å². The Bertz CT molecular complexity index is 325. The number of thioether (sulfide) groups is 1. The zero-order chi connectivity index (χ0) is 11.5. The van der Waals surface area contributed by atoms with E-state index in [1.165, 1.54) is 6.42 Å². The first-order valence-corrected chi connectivity index (χ1v) is 6.70. The van der Waals surface area contributed by atoms with Gasteiger partial charge in [0.25, 0.3) is 0 Å². The first kappa shape index (κ1) is 11.4. The van der Waals surface area contributed by atoms with Crippen molar-refractivity contribution in [2.75, 3.05) is 6.26 Å². The smallest absolute Gasteiger partial charge is 0.288 e. The fourth-order valence-electron chi connectivity index (χ4n) is 2.06. The molecule has 0 radical (unpaired) electrons. The van der Waals surface area contributed by atoms with E-state index >= 15 is 0 Å². The minimum Gasteiger partial charge on any atom is -0.288 e. The van der Waals surface area contributed by atoms with Crippen LogP contribution in [0.5, 0.6) is 0 Å². The van der Waals surface area contributed by atoms with Crippen LogP contribution in [0.15, 0.2) is 4.99 Å². The molecule has 2 atom stereocenters. The molecule has 2 unspecified atom stereocenters. The predicted octanol–water partition coefficient (Wildman–Crippen LogP) is 0.263. The molecule has 0 spiro atoms. The molecular formula is C10H15N3O2S. The number of rotatable bonds is 2. The molecule has 16 heavy (non-hydrogen) atoms. The Hall–Kier alpha value is -1.04. The molecule has 2 N–H and O–H groups in total. The summed E-state index contributed by atoms with van der Waals surface area (Å²) in [5.41, 5.74) is 0. The molecule has 0 aromatic heterocycles. The Labute approximate surface area is 98.5 Å². The minimum absolute atomic E-state index is 0.222. The summed E-state index contributed by atoms with van der Waals surface area (Å²) in [5, 5.41) is 5.50. The van der Waals surface area contributed by atoms with Gasteiger partial charge in [-0.25, -0.2) is 4.99 Å². The van der Waals surface area contributed by atoms with Crippen molar-refractivity contribution in [1.82, 2.24) is 10.6 Å². The lowest BCUT2D eigenvalue weighted by Crippen LogP contribution is -2.30.